The summed E-state index contributed by atoms with van der Waals surface area (Å²) in [5.41, 5.74) is 4.81. The largest absolute Gasteiger partial charge is 0.480 e. The molecule has 0 radical (unpaired) electrons. The van der Waals surface area contributed by atoms with Crippen molar-refractivity contribution in [1.29, 1.82) is 0 Å². The highest BCUT2D eigenvalue weighted by Crippen LogP contribution is 2.10. The van der Waals surface area contributed by atoms with Crippen molar-refractivity contribution in [2.75, 3.05) is 11.9 Å². The Hall–Kier alpha value is -2.41. The number of carbonyl (C=O) groups excluding carboxylic acids is 2. The molecule has 114 valence electrons. The predicted octanol–water partition coefficient (Wildman–Crippen LogP) is 0.567. The van der Waals surface area contributed by atoms with E-state index in [2.05, 4.69) is 10.6 Å². The van der Waals surface area contributed by atoms with E-state index in [-0.39, 0.29) is 12.5 Å². The Morgan fingerprint density at radius 3 is 2.24 bits per heavy atom. The van der Waals surface area contributed by atoms with Crippen molar-refractivity contribution in [3.8, 4) is 0 Å². The minimum atomic E-state index is -1.15. The maximum absolute atomic E-state index is 11.8. The summed E-state index contributed by atoms with van der Waals surface area (Å²) in [5, 5.41) is 14.4. The molecule has 0 heterocycles. The number of aliphatic carboxylic acids is 1. The molecule has 0 spiro atoms. The van der Waals surface area contributed by atoms with Crippen LogP contribution in [0.3, 0.4) is 0 Å². The molecule has 1 rings (SSSR count). The number of rotatable bonds is 7. The zero-order valence-electron chi connectivity index (χ0n) is 12.0. The standard InChI is InChI=1S/C14H19N3O4/c1-3-14(2,13(20)21)16-8-11(18)17-10-6-4-9(5-7-10)12(15)19/h4-7,16H,3,8H2,1-2H3,(H2,15,19)(H,17,18)(H,20,21). The van der Waals surface area contributed by atoms with E-state index in [1.54, 1.807) is 19.1 Å². The molecule has 1 aromatic carbocycles. The summed E-state index contributed by atoms with van der Waals surface area (Å²) in [5.74, 6) is -1.93. The molecule has 1 unspecified atom stereocenters. The lowest BCUT2D eigenvalue weighted by Crippen LogP contribution is -2.51. The zero-order valence-corrected chi connectivity index (χ0v) is 12.0. The van der Waals surface area contributed by atoms with Crippen LogP contribution in [0.5, 0.6) is 0 Å². The van der Waals surface area contributed by atoms with Gasteiger partial charge in [0.1, 0.15) is 5.54 Å². The Kier molecular flexibility index (Phi) is 5.43. The molecule has 7 heteroatoms. The van der Waals surface area contributed by atoms with Gasteiger partial charge in [0.05, 0.1) is 6.54 Å². The third-order valence-electron chi connectivity index (χ3n) is 3.27. The fraction of sp³-hybridized carbons (Fsp3) is 0.357. The van der Waals surface area contributed by atoms with E-state index in [0.29, 0.717) is 17.7 Å². The average molecular weight is 293 g/mol. The lowest BCUT2D eigenvalue weighted by atomic mass is 9.99. The highest BCUT2D eigenvalue weighted by molar-refractivity contribution is 5.95. The van der Waals surface area contributed by atoms with E-state index in [1.807, 2.05) is 0 Å². The number of carboxylic acid groups (broad SMARTS) is 1. The second-order valence-electron chi connectivity index (χ2n) is 4.83. The summed E-state index contributed by atoms with van der Waals surface area (Å²) < 4.78 is 0. The molecule has 5 N–H and O–H groups in total. The summed E-state index contributed by atoms with van der Waals surface area (Å²) in [6.45, 7) is 3.11. The van der Waals surface area contributed by atoms with E-state index in [4.69, 9.17) is 10.8 Å². The normalized spacial score (nSPS) is 13.2. The zero-order chi connectivity index (χ0) is 16.0. The van der Waals surface area contributed by atoms with Crippen molar-refractivity contribution in [1.82, 2.24) is 5.32 Å². The number of carbonyl (C=O) groups is 3. The maximum Gasteiger partial charge on any atom is 0.323 e. The number of hydrogen-bond acceptors (Lipinski definition) is 4. The van der Waals surface area contributed by atoms with Crippen LogP contribution in [0.25, 0.3) is 0 Å². The highest BCUT2D eigenvalue weighted by Gasteiger charge is 2.30. The van der Waals surface area contributed by atoms with Crippen molar-refractivity contribution in [2.45, 2.75) is 25.8 Å². The SMILES string of the molecule is CCC(C)(NCC(=O)Nc1ccc(C(N)=O)cc1)C(=O)O. The summed E-state index contributed by atoms with van der Waals surface area (Å²) in [6.07, 6.45) is 0.350. The Morgan fingerprint density at radius 1 is 1.24 bits per heavy atom. The predicted molar refractivity (Wildman–Crippen MR) is 77.9 cm³/mol. The van der Waals surface area contributed by atoms with Crippen LogP contribution in [0.1, 0.15) is 30.6 Å². The van der Waals surface area contributed by atoms with Gasteiger partial charge in [0, 0.05) is 11.3 Å². The van der Waals surface area contributed by atoms with Gasteiger partial charge >= 0.3 is 5.97 Å². The Balaban J connectivity index is 2.58. The van der Waals surface area contributed by atoms with E-state index in [9.17, 15) is 14.4 Å². The summed E-state index contributed by atoms with van der Waals surface area (Å²) in [4.78, 5) is 33.8. The maximum atomic E-state index is 11.8. The van der Waals surface area contributed by atoms with Crippen LogP contribution >= 0.6 is 0 Å². The van der Waals surface area contributed by atoms with Gasteiger partial charge in [-0.25, -0.2) is 0 Å². The van der Waals surface area contributed by atoms with Crippen molar-refractivity contribution in [3.63, 3.8) is 0 Å². The molecule has 0 aliphatic heterocycles. The molecule has 2 amide bonds. The van der Waals surface area contributed by atoms with Gasteiger partial charge in [0.2, 0.25) is 11.8 Å². The van der Waals surface area contributed by atoms with Crippen molar-refractivity contribution < 1.29 is 19.5 Å². The number of nitrogens with two attached hydrogens (primary N) is 1. The molecule has 0 bridgehead atoms. The number of benzene rings is 1. The van der Waals surface area contributed by atoms with Gasteiger partial charge < -0.3 is 16.2 Å². The molecule has 21 heavy (non-hydrogen) atoms. The minimum Gasteiger partial charge on any atom is -0.480 e. The molecule has 0 fully saturated rings. The number of primary amides is 1. The Morgan fingerprint density at radius 2 is 1.81 bits per heavy atom. The number of anilines is 1. The third-order valence-corrected chi connectivity index (χ3v) is 3.27. The first-order valence-corrected chi connectivity index (χ1v) is 6.46. The monoisotopic (exact) mass is 293 g/mol. The van der Waals surface area contributed by atoms with Crippen LogP contribution in [-0.2, 0) is 9.59 Å². The van der Waals surface area contributed by atoms with E-state index < -0.39 is 17.4 Å². The van der Waals surface area contributed by atoms with Gasteiger partial charge in [-0.05, 0) is 37.6 Å². The van der Waals surface area contributed by atoms with Crippen LogP contribution in [0.15, 0.2) is 24.3 Å². The molecule has 1 atom stereocenters. The quantitative estimate of drug-likeness (QED) is 0.585. The van der Waals surface area contributed by atoms with Crippen LogP contribution in [0, 0.1) is 0 Å². The summed E-state index contributed by atoms with van der Waals surface area (Å²) in [6, 6.07) is 6.10. The third kappa shape index (κ3) is 4.57. The Labute approximate surface area is 122 Å². The minimum absolute atomic E-state index is 0.131. The van der Waals surface area contributed by atoms with Crippen LogP contribution < -0.4 is 16.4 Å². The van der Waals surface area contributed by atoms with E-state index in [0.717, 1.165) is 0 Å². The lowest BCUT2D eigenvalue weighted by molar-refractivity contribution is -0.144. The fourth-order valence-corrected chi connectivity index (χ4v) is 1.55. The van der Waals surface area contributed by atoms with Crippen LogP contribution in [-0.4, -0.2) is 35.0 Å². The molecule has 1 aromatic rings. The number of carboxylic acids is 1. The lowest BCUT2D eigenvalue weighted by Gasteiger charge is -2.24. The van der Waals surface area contributed by atoms with Crippen LogP contribution in [0.4, 0.5) is 5.69 Å². The molecule has 0 aliphatic carbocycles. The number of nitrogens with one attached hydrogen (secondary N) is 2. The number of amides is 2. The van der Waals surface area contributed by atoms with Gasteiger partial charge in [0.15, 0.2) is 0 Å². The van der Waals surface area contributed by atoms with Gasteiger partial charge in [0.25, 0.3) is 0 Å². The topological polar surface area (TPSA) is 122 Å². The summed E-state index contributed by atoms with van der Waals surface area (Å²) >= 11 is 0. The van der Waals surface area contributed by atoms with Gasteiger partial charge in [-0.15, -0.1) is 0 Å². The van der Waals surface area contributed by atoms with Crippen molar-refractivity contribution >= 4 is 23.5 Å². The van der Waals surface area contributed by atoms with Gasteiger partial charge in [-0.1, -0.05) is 6.92 Å². The number of hydrogen-bond donors (Lipinski definition) is 4. The van der Waals surface area contributed by atoms with Gasteiger partial charge in [-0.3, -0.25) is 19.7 Å². The molecule has 0 saturated carbocycles. The smallest absolute Gasteiger partial charge is 0.323 e. The molecule has 0 aromatic heterocycles. The van der Waals surface area contributed by atoms with Crippen molar-refractivity contribution in [2.24, 2.45) is 5.73 Å². The van der Waals surface area contributed by atoms with Gasteiger partial charge in [-0.2, -0.15) is 0 Å². The molecular formula is C14H19N3O4. The first-order valence-electron chi connectivity index (χ1n) is 6.46. The first-order chi connectivity index (χ1) is 9.78. The van der Waals surface area contributed by atoms with Crippen molar-refractivity contribution in [3.05, 3.63) is 29.8 Å². The van der Waals surface area contributed by atoms with E-state index >= 15 is 0 Å². The first kappa shape index (κ1) is 16.6. The Bertz CT molecular complexity index is 542. The highest BCUT2D eigenvalue weighted by atomic mass is 16.4. The second-order valence-corrected chi connectivity index (χ2v) is 4.83. The average Bonchev–Trinajstić information content (AvgIpc) is 2.45. The molecule has 0 saturated heterocycles. The van der Waals surface area contributed by atoms with Crippen LogP contribution in [0.2, 0.25) is 0 Å². The second kappa shape index (κ2) is 6.85. The molecule has 7 nitrogen and oxygen atoms in total. The fourth-order valence-electron chi connectivity index (χ4n) is 1.55. The molecular weight excluding hydrogens is 274 g/mol. The molecule has 0 aliphatic rings. The summed E-state index contributed by atoms with van der Waals surface area (Å²) in [7, 11) is 0. The van der Waals surface area contributed by atoms with E-state index in [1.165, 1.54) is 19.1 Å².